The predicted octanol–water partition coefficient (Wildman–Crippen LogP) is 3.00. The molecule has 0 amide bonds. The lowest BCUT2D eigenvalue weighted by atomic mass is 9.53. The Morgan fingerprint density at radius 1 is 1.15 bits per heavy atom. The number of rotatable bonds is 3. The molecule has 4 aliphatic rings. The largest absolute Gasteiger partial charge is 0.384 e. The summed E-state index contributed by atoms with van der Waals surface area (Å²) in [6, 6.07) is 1.90. The van der Waals surface area contributed by atoms with Crippen LogP contribution in [0.4, 0.5) is 11.6 Å². The highest BCUT2D eigenvalue weighted by Crippen LogP contribution is 2.56. The Kier molecular flexibility index (Phi) is 2.69. The Morgan fingerprint density at radius 3 is 2.30 bits per heavy atom. The van der Waals surface area contributed by atoms with Gasteiger partial charge in [0.25, 0.3) is 0 Å². The third-order valence-electron chi connectivity index (χ3n) is 5.54. The number of anilines is 2. The SMILES string of the molecule is CCc1nc(N)cc(NC23CC4CC(CC(C4)C2)C3)n1. The van der Waals surface area contributed by atoms with E-state index in [1.165, 1.54) is 38.5 Å². The van der Waals surface area contributed by atoms with Gasteiger partial charge in [-0.25, -0.2) is 9.97 Å². The van der Waals surface area contributed by atoms with E-state index in [0.717, 1.165) is 35.8 Å². The molecule has 1 aromatic rings. The highest BCUT2D eigenvalue weighted by molar-refractivity contribution is 5.47. The van der Waals surface area contributed by atoms with Crippen molar-refractivity contribution in [1.82, 2.24) is 9.97 Å². The number of nitrogen functional groups attached to an aromatic ring is 1. The standard InChI is InChI=1S/C16H24N4/c1-2-14-18-13(17)6-15(19-14)20-16-7-10-3-11(8-16)5-12(4-10)9-16/h6,10-12H,2-5,7-9H2,1H3,(H3,17,18,19,20). The molecule has 0 unspecified atom stereocenters. The smallest absolute Gasteiger partial charge is 0.132 e. The fourth-order valence-electron chi connectivity index (χ4n) is 5.28. The molecule has 0 atom stereocenters. The third-order valence-corrected chi connectivity index (χ3v) is 5.54. The van der Waals surface area contributed by atoms with E-state index in [-0.39, 0.29) is 0 Å². The Balaban J connectivity index is 1.61. The Bertz CT molecular complexity index is 490. The van der Waals surface area contributed by atoms with Gasteiger partial charge in [0.15, 0.2) is 0 Å². The van der Waals surface area contributed by atoms with Crippen LogP contribution in [0.2, 0.25) is 0 Å². The lowest BCUT2D eigenvalue weighted by molar-refractivity contribution is 0.0105. The van der Waals surface area contributed by atoms with Gasteiger partial charge in [0.2, 0.25) is 0 Å². The second kappa shape index (κ2) is 4.34. The molecule has 4 bridgehead atoms. The van der Waals surface area contributed by atoms with E-state index in [9.17, 15) is 0 Å². The van der Waals surface area contributed by atoms with Crippen molar-refractivity contribution in [2.75, 3.05) is 11.1 Å². The van der Waals surface area contributed by atoms with Gasteiger partial charge < -0.3 is 11.1 Å². The molecule has 20 heavy (non-hydrogen) atoms. The van der Waals surface area contributed by atoms with Crippen LogP contribution in [0.15, 0.2) is 6.07 Å². The Labute approximate surface area is 120 Å². The van der Waals surface area contributed by atoms with E-state index >= 15 is 0 Å². The highest BCUT2D eigenvalue weighted by atomic mass is 15.1. The molecule has 1 aromatic heterocycles. The van der Waals surface area contributed by atoms with Crippen LogP contribution in [-0.4, -0.2) is 15.5 Å². The van der Waals surface area contributed by atoms with Gasteiger partial charge in [-0.15, -0.1) is 0 Å². The lowest BCUT2D eigenvalue weighted by Gasteiger charge is -2.57. The zero-order valence-corrected chi connectivity index (χ0v) is 12.2. The second-order valence-electron chi connectivity index (χ2n) is 7.27. The molecule has 3 N–H and O–H groups in total. The summed E-state index contributed by atoms with van der Waals surface area (Å²) in [4.78, 5) is 8.90. The van der Waals surface area contributed by atoms with Gasteiger partial charge in [-0.2, -0.15) is 0 Å². The fourth-order valence-corrected chi connectivity index (χ4v) is 5.28. The normalized spacial score (nSPS) is 38.1. The first-order chi connectivity index (χ1) is 9.64. The van der Waals surface area contributed by atoms with E-state index in [2.05, 4.69) is 22.2 Å². The Morgan fingerprint density at radius 2 is 1.75 bits per heavy atom. The zero-order valence-electron chi connectivity index (χ0n) is 12.2. The molecule has 4 aliphatic carbocycles. The van der Waals surface area contributed by atoms with Crippen LogP contribution in [-0.2, 0) is 6.42 Å². The van der Waals surface area contributed by atoms with Crippen molar-refractivity contribution in [2.24, 2.45) is 17.8 Å². The maximum absolute atomic E-state index is 5.91. The molecule has 108 valence electrons. The molecule has 1 heterocycles. The van der Waals surface area contributed by atoms with Crippen LogP contribution < -0.4 is 11.1 Å². The lowest BCUT2D eigenvalue weighted by Crippen LogP contribution is -2.54. The zero-order chi connectivity index (χ0) is 13.7. The minimum Gasteiger partial charge on any atom is -0.384 e. The molecule has 0 spiro atoms. The molecule has 4 fully saturated rings. The van der Waals surface area contributed by atoms with Crippen molar-refractivity contribution in [3.05, 3.63) is 11.9 Å². The number of hydrogen-bond acceptors (Lipinski definition) is 4. The van der Waals surface area contributed by atoms with Crippen molar-refractivity contribution in [1.29, 1.82) is 0 Å². The Hall–Kier alpha value is -1.32. The van der Waals surface area contributed by atoms with Gasteiger partial charge in [-0.05, 0) is 56.3 Å². The first-order valence-electron chi connectivity index (χ1n) is 8.06. The molecular weight excluding hydrogens is 248 g/mol. The van der Waals surface area contributed by atoms with Gasteiger partial charge >= 0.3 is 0 Å². The number of hydrogen-bond donors (Lipinski definition) is 2. The van der Waals surface area contributed by atoms with Crippen LogP contribution >= 0.6 is 0 Å². The summed E-state index contributed by atoms with van der Waals surface area (Å²) < 4.78 is 0. The summed E-state index contributed by atoms with van der Waals surface area (Å²) in [6.07, 6.45) is 9.20. The molecular formula is C16H24N4. The van der Waals surface area contributed by atoms with Crippen LogP contribution in [0.25, 0.3) is 0 Å². The van der Waals surface area contributed by atoms with Gasteiger partial charge in [0, 0.05) is 18.0 Å². The molecule has 5 rings (SSSR count). The van der Waals surface area contributed by atoms with E-state index in [4.69, 9.17) is 5.73 Å². The monoisotopic (exact) mass is 272 g/mol. The van der Waals surface area contributed by atoms with E-state index in [1.54, 1.807) is 0 Å². The highest BCUT2D eigenvalue weighted by Gasteiger charge is 2.51. The van der Waals surface area contributed by atoms with Gasteiger partial charge in [-0.3, -0.25) is 0 Å². The van der Waals surface area contributed by atoms with Crippen molar-refractivity contribution in [3.63, 3.8) is 0 Å². The van der Waals surface area contributed by atoms with E-state index in [1.807, 2.05) is 6.07 Å². The summed E-state index contributed by atoms with van der Waals surface area (Å²) in [7, 11) is 0. The quantitative estimate of drug-likeness (QED) is 0.888. The number of nitrogens with one attached hydrogen (secondary N) is 1. The van der Waals surface area contributed by atoms with Crippen molar-refractivity contribution >= 4 is 11.6 Å². The van der Waals surface area contributed by atoms with E-state index < -0.39 is 0 Å². The molecule has 4 nitrogen and oxygen atoms in total. The fraction of sp³-hybridized carbons (Fsp3) is 0.750. The van der Waals surface area contributed by atoms with Crippen LogP contribution in [0, 0.1) is 17.8 Å². The summed E-state index contributed by atoms with van der Waals surface area (Å²) >= 11 is 0. The number of nitrogens with two attached hydrogens (primary N) is 1. The van der Waals surface area contributed by atoms with Crippen molar-refractivity contribution in [3.8, 4) is 0 Å². The molecule has 0 aromatic carbocycles. The maximum Gasteiger partial charge on any atom is 0.132 e. The predicted molar refractivity (Wildman–Crippen MR) is 80.3 cm³/mol. The number of aromatic nitrogens is 2. The third kappa shape index (κ3) is 2.05. The van der Waals surface area contributed by atoms with Gasteiger partial charge in [-0.1, -0.05) is 6.92 Å². The number of aryl methyl sites for hydroxylation is 1. The summed E-state index contributed by atoms with van der Waals surface area (Å²) in [5.74, 6) is 5.20. The first kappa shape index (κ1) is 12.4. The minimum atomic E-state index is 0.292. The molecule has 0 saturated heterocycles. The van der Waals surface area contributed by atoms with Crippen LogP contribution in [0.1, 0.15) is 51.3 Å². The molecule has 0 radical (unpaired) electrons. The summed E-state index contributed by atoms with van der Waals surface area (Å²) in [5.41, 5.74) is 6.20. The molecule has 0 aliphatic heterocycles. The second-order valence-corrected chi connectivity index (χ2v) is 7.27. The maximum atomic E-state index is 5.91. The summed E-state index contributed by atoms with van der Waals surface area (Å²) in [6.45, 7) is 2.07. The number of nitrogens with zero attached hydrogens (tertiary/aromatic N) is 2. The van der Waals surface area contributed by atoms with Gasteiger partial charge in [0.1, 0.15) is 17.5 Å². The minimum absolute atomic E-state index is 0.292. The van der Waals surface area contributed by atoms with Crippen molar-refractivity contribution < 1.29 is 0 Å². The topological polar surface area (TPSA) is 63.8 Å². The average molecular weight is 272 g/mol. The average Bonchev–Trinajstić information content (AvgIpc) is 2.35. The van der Waals surface area contributed by atoms with Gasteiger partial charge in [0.05, 0.1) is 0 Å². The van der Waals surface area contributed by atoms with Crippen LogP contribution in [0.5, 0.6) is 0 Å². The molecule has 4 saturated carbocycles. The van der Waals surface area contributed by atoms with Crippen molar-refractivity contribution in [2.45, 2.75) is 57.4 Å². The molecule has 4 heteroatoms. The first-order valence-corrected chi connectivity index (χ1v) is 8.06. The van der Waals surface area contributed by atoms with Crippen LogP contribution in [0.3, 0.4) is 0 Å². The summed E-state index contributed by atoms with van der Waals surface area (Å²) in [5, 5.41) is 3.77. The van der Waals surface area contributed by atoms with E-state index in [0.29, 0.717) is 11.4 Å².